The van der Waals surface area contributed by atoms with Crippen molar-refractivity contribution in [2.45, 2.75) is 38.5 Å². The van der Waals surface area contributed by atoms with Crippen molar-refractivity contribution in [3.8, 4) is 6.07 Å². The molecule has 1 spiro atoms. The molecule has 0 atom stereocenters. The second kappa shape index (κ2) is 3.67. The molecule has 13 heavy (non-hydrogen) atoms. The lowest BCUT2D eigenvalue weighted by Crippen LogP contribution is -2.39. The third kappa shape index (κ3) is 1.86. The van der Waals surface area contributed by atoms with Gasteiger partial charge in [0, 0.05) is 5.92 Å². The minimum Gasteiger partial charge on any atom is -0.317 e. The van der Waals surface area contributed by atoms with E-state index in [0.29, 0.717) is 11.3 Å². The molecule has 2 aliphatic rings. The normalized spacial score (nSPS) is 28.5. The summed E-state index contributed by atoms with van der Waals surface area (Å²) >= 11 is 0. The van der Waals surface area contributed by atoms with E-state index in [-0.39, 0.29) is 0 Å². The molecule has 2 rings (SSSR count). The number of piperidine rings is 1. The molecule has 1 aliphatic carbocycles. The van der Waals surface area contributed by atoms with Crippen molar-refractivity contribution in [2.75, 3.05) is 13.1 Å². The van der Waals surface area contributed by atoms with Gasteiger partial charge in [0.05, 0.1) is 6.07 Å². The summed E-state index contributed by atoms with van der Waals surface area (Å²) < 4.78 is 0. The molecular weight excluding hydrogens is 160 g/mol. The van der Waals surface area contributed by atoms with Gasteiger partial charge in [0.2, 0.25) is 0 Å². The van der Waals surface area contributed by atoms with Gasteiger partial charge < -0.3 is 5.32 Å². The Hall–Kier alpha value is -0.550. The van der Waals surface area contributed by atoms with Crippen LogP contribution in [0.2, 0.25) is 0 Å². The van der Waals surface area contributed by atoms with Crippen molar-refractivity contribution in [3.63, 3.8) is 0 Å². The molecule has 1 heterocycles. The van der Waals surface area contributed by atoms with Crippen LogP contribution in [-0.2, 0) is 0 Å². The molecule has 0 radical (unpaired) electrons. The molecule has 1 aliphatic heterocycles. The Labute approximate surface area is 80.3 Å². The van der Waals surface area contributed by atoms with E-state index >= 15 is 0 Å². The number of hydrogen-bond acceptors (Lipinski definition) is 2. The smallest absolute Gasteiger partial charge is 0.0655 e. The van der Waals surface area contributed by atoms with Gasteiger partial charge in [-0.3, -0.25) is 0 Å². The van der Waals surface area contributed by atoms with Crippen LogP contribution >= 0.6 is 0 Å². The molecule has 0 amide bonds. The summed E-state index contributed by atoms with van der Waals surface area (Å²) in [6, 6.07) is 2.41. The Morgan fingerprint density at radius 3 is 2.23 bits per heavy atom. The van der Waals surface area contributed by atoms with Crippen LogP contribution < -0.4 is 5.32 Å². The van der Waals surface area contributed by atoms with E-state index in [9.17, 15) is 0 Å². The Morgan fingerprint density at radius 1 is 1.08 bits per heavy atom. The van der Waals surface area contributed by atoms with Crippen LogP contribution in [0.1, 0.15) is 38.5 Å². The molecule has 2 heteroatoms. The summed E-state index contributed by atoms with van der Waals surface area (Å²) in [4.78, 5) is 0. The van der Waals surface area contributed by atoms with Crippen molar-refractivity contribution in [3.05, 3.63) is 0 Å². The lowest BCUT2D eigenvalue weighted by molar-refractivity contribution is 0.119. The van der Waals surface area contributed by atoms with Crippen molar-refractivity contribution in [2.24, 2.45) is 11.3 Å². The Balaban J connectivity index is 1.92. The van der Waals surface area contributed by atoms with Gasteiger partial charge in [-0.15, -0.1) is 0 Å². The lowest BCUT2D eigenvalue weighted by Gasteiger charge is -2.41. The first-order chi connectivity index (χ1) is 6.35. The highest BCUT2D eigenvalue weighted by Crippen LogP contribution is 2.44. The van der Waals surface area contributed by atoms with Crippen LogP contribution in [0.5, 0.6) is 0 Å². The standard InChI is InChI=1S/C11H18N2/c12-9-10-1-3-11(4-2-10)5-7-13-8-6-11/h10,13H,1-8H2. The maximum atomic E-state index is 8.82. The number of hydrogen-bond donors (Lipinski definition) is 1. The third-order valence-corrected chi connectivity index (χ3v) is 3.89. The fourth-order valence-electron chi connectivity index (χ4n) is 2.82. The fraction of sp³-hybridized carbons (Fsp3) is 0.909. The maximum absolute atomic E-state index is 8.82. The summed E-state index contributed by atoms with van der Waals surface area (Å²) in [6.45, 7) is 2.38. The minimum absolute atomic E-state index is 0.362. The molecule has 1 N–H and O–H groups in total. The highest BCUT2D eigenvalue weighted by molar-refractivity contribution is 4.94. The first-order valence-corrected chi connectivity index (χ1v) is 5.45. The minimum atomic E-state index is 0.362. The Kier molecular flexibility index (Phi) is 2.55. The van der Waals surface area contributed by atoms with Crippen molar-refractivity contribution in [1.82, 2.24) is 5.32 Å². The quantitative estimate of drug-likeness (QED) is 0.616. The third-order valence-electron chi connectivity index (χ3n) is 3.89. The van der Waals surface area contributed by atoms with Gasteiger partial charge in [-0.1, -0.05) is 0 Å². The van der Waals surface area contributed by atoms with Gasteiger partial charge in [0.1, 0.15) is 0 Å². The summed E-state index contributed by atoms with van der Waals surface area (Å²) in [5, 5.41) is 12.2. The number of nitrogens with zero attached hydrogens (tertiary/aromatic N) is 1. The summed E-state index contributed by atoms with van der Waals surface area (Å²) in [5.74, 6) is 0.362. The largest absolute Gasteiger partial charge is 0.317 e. The van der Waals surface area contributed by atoms with Crippen LogP contribution in [-0.4, -0.2) is 13.1 Å². The average Bonchev–Trinajstić information content (AvgIpc) is 2.20. The van der Waals surface area contributed by atoms with Crippen LogP contribution in [0.4, 0.5) is 0 Å². The molecule has 0 bridgehead atoms. The molecule has 0 aromatic rings. The molecule has 2 fully saturated rings. The molecule has 1 saturated carbocycles. The monoisotopic (exact) mass is 178 g/mol. The predicted molar refractivity (Wildman–Crippen MR) is 52.1 cm³/mol. The molecule has 2 nitrogen and oxygen atoms in total. The molecule has 1 saturated heterocycles. The second-order valence-corrected chi connectivity index (χ2v) is 4.65. The second-order valence-electron chi connectivity index (χ2n) is 4.65. The Morgan fingerprint density at radius 2 is 1.69 bits per heavy atom. The zero-order valence-corrected chi connectivity index (χ0v) is 8.18. The molecular formula is C11H18N2. The first kappa shape index (κ1) is 9.02. The van der Waals surface area contributed by atoms with Gasteiger partial charge >= 0.3 is 0 Å². The maximum Gasteiger partial charge on any atom is 0.0655 e. The molecule has 0 aromatic carbocycles. The average molecular weight is 178 g/mol. The van der Waals surface area contributed by atoms with E-state index in [0.717, 1.165) is 12.8 Å². The van der Waals surface area contributed by atoms with Crippen LogP contribution in [0.25, 0.3) is 0 Å². The molecule has 0 unspecified atom stereocenters. The highest BCUT2D eigenvalue weighted by Gasteiger charge is 2.35. The highest BCUT2D eigenvalue weighted by atomic mass is 14.9. The van der Waals surface area contributed by atoms with Crippen molar-refractivity contribution >= 4 is 0 Å². The summed E-state index contributed by atoms with van der Waals surface area (Å²) in [5.41, 5.74) is 0.624. The van der Waals surface area contributed by atoms with E-state index in [1.807, 2.05) is 0 Å². The van der Waals surface area contributed by atoms with Gasteiger partial charge in [0.15, 0.2) is 0 Å². The fourth-order valence-corrected chi connectivity index (χ4v) is 2.82. The SMILES string of the molecule is N#CC1CCC2(CCNCC2)CC1. The van der Waals surface area contributed by atoms with Crippen LogP contribution in [0, 0.1) is 22.7 Å². The van der Waals surface area contributed by atoms with Gasteiger partial charge in [-0.05, 0) is 57.0 Å². The lowest BCUT2D eigenvalue weighted by atomic mass is 9.66. The zero-order valence-electron chi connectivity index (χ0n) is 8.18. The van der Waals surface area contributed by atoms with Crippen molar-refractivity contribution < 1.29 is 0 Å². The van der Waals surface area contributed by atoms with Gasteiger partial charge in [-0.25, -0.2) is 0 Å². The van der Waals surface area contributed by atoms with Gasteiger partial charge in [0.25, 0.3) is 0 Å². The van der Waals surface area contributed by atoms with Gasteiger partial charge in [-0.2, -0.15) is 5.26 Å². The van der Waals surface area contributed by atoms with Crippen LogP contribution in [0.15, 0.2) is 0 Å². The van der Waals surface area contributed by atoms with Crippen molar-refractivity contribution in [1.29, 1.82) is 5.26 Å². The predicted octanol–water partition coefficient (Wildman–Crippen LogP) is 2.07. The number of nitrogens with one attached hydrogen (secondary N) is 1. The number of rotatable bonds is 0. The van der Waals surface area contributed by atoms with E-state index < -0.39 is 0 Å². The van der Waals surface area contributed by atoms with E-state index in [4.69, 9.17) is 5.26 Å². The molecule has 0 aromatic heterocycles. The van der Waals surface area contributed by atoms with E-state index in [1.54, 1.807) is 0 Å². The van der Waals surface area contributed by atoms with Crippen LogP contribution in [0.3, 0.4) is 0 Å². The topological polar surface area (TPSA) is 35.8 Å². The first-order valence-electron chi connectivity index (χ1n) is 5.45. The number of nitriles is 1. The van der Waals surface area contributed by atoms with E-state index in [1.165, 1.54) is 38.8 Å². The molecule has 72 valence electrons. The Bertz CT molecular complexity index is 201. The zero-order chi connectivity index (χ0) is 9.15. The van der Waals surface area contributed by atoms with E-state index in [2.05, 4.69) is 11.4 Å². The summed E-state index contributed by atoms with van der Waals surface area (Å²) in [7, 11) is 0. The summed E-state index contributed by atoms with van der Waals surface area (Å²) in [6.07, 6.45) is 7.57.